The van der Waals surface area contributed by atoms with Gasteiger partial charge in [0.15, 0.2) is 0 Å². The Bertz CT molecular complexity index is 347. The number of nitrogens with zero attached hydrogens (tertiary/aromatic N) is 3. The van der Waals surface area contributed by atoms with E-state index in [1.807, 2.05) is 20.8 Å². The van der Waals surface area contributed by atoms with Crippen LogP contribution in [0.25, 0.3) is 0 Å². The van der Waals surface area contributed by atoms with Crippen molar-refractivity contribution in [3.63, 3.8) is 0 Å². The highest BCUT2D eigenvalue weighted by Crippen LogP contribution is 2.10. The quantitative estimate of drug-likeness (QED) is 0.810. The highest BCUT2D eigenvalue weighted by Gasteiger charge is 2.18. The van der Waals surface area contributed by atoms with Crippen molar-refractivity contribution in [3.8, 4) is 0 Å². The van der Waals surface area contributed by atoms with Gasteiger partial charge >= 0.3 is 0 Å². The maximum absolute atomic E-state index is 12.1. The fourth-order valence-corrected chi connectivity index (χ4v) is 1.58. The van der Waals surface area contributed by atoms with Crippen LogP contribution in [0.4, 0.5) is 0 Å². The van der Waals surface area contributed by atoms with E-state index in [2.05, 4.69) is 5.10 Å². The van der Waals surface area contributed by atoms with Crippen molar-refractivity contribution in [2.45, 2.75) is 26.8 Å². The van der Waals surface area contributed by atoms with E-state index >= 15 is 0 Å². The predicted octanol–water partition coefficient (Wildman–Crippen LogP) is 0.918. The number of carbonyl (C=O) groups excluding carboxylic acids is 1. The molecule has 5 heteroatoms. The van der Waals surface area contributed by atoms with Crippen molar-refractivity contribution < 1.29 is 9.90 Å². The summed E-state index contributed by atoms with van der Waals surface area (Å²) in [6.45, 7) is 6.78. The average molecular weight is 225 g/mol. The molecule has 0 aliphatic heterocycles. The molecule has 0 saturated carbocycles. The summed E-state index contributed by atoms with van der Waals surface area (Å²) in [5.74, 6) is -0.0808. The number of aliphatic hydroxyl groups is 1. The lowest BCUT2D eigenvalue weighted by Gasteiger charge is -2.20. The Morgan fingerprint density at radius 3 is 2.81 bits per heavy atom. The fraction of sp³-hybridized carbons (Fsp3) is 0.636. The number of rotatable bonds is 5. The molecule has 0 unspecified atom stereocenters. The Kier molecular flexibility index (Phi) is 4.49. The maximum atomic E-state index is 12.1. The van der Waals surface area contributed by atoms with Crippen LogP contribution in [-0.2, 0) is 0 Å². The number of hydrogen-bond acceptors (Lipinski definition) is 3. The molecule has 0 radical (unpaired) electrons. The van der Waals surface area contributed by atoms with Gasteiger partial charge in [0.2, 0.25) is 0 Å². The Labute approximate surface area is 95.7 Å². The van der Waals surface area contributed by atoms with Crippen LogP contribution in [0.2, 0.25) is 0 Å². The molecule has 1 rings (SSSR count). The second-order valence-corrected chi connectivity index (χ2v) is 3.86. The van der Waals surface area contributed by atoms with Crippen molar-refractivity contribution in [2.24, 2.45) is 0 Å². The lowest BCUT2D eigenvalue weighted by Crippen LogP contribution is -2.35. The molecule has 0 spiro atoms. The molecule has 5 nitrogen and oxygen atoms in total. The minimum absolute atomic E-state index is 0.0185. The second-order valence-electron chi connectivity index (χ2n) is 3.86. The molecule has 0 saturated heterocycles. The summed E-state index contributed by atoms with van der Waals surface area (Å²) in [4.78, 5) is 13.7. The highest BCUT2D eigenvalue weighted by molar-refractivity contribution is 5.92. The number of hydrogen-bond donors (Lipinski definition) is 1. The molecular formula is C11H19N3O2. The van der Waals surface area contributed by atoms with Crippen LogP contribution in [0.5, 0.6) is 0 Å². The first-order chi connectivity index (χ1) is 7.61. The van der Waals surface area contributed by atoms with Gasteiger partial charge in [0.1, 0.15) is 5.69 Å². The third kappa shape index (κ3) is 2.61. The molecule has 90 valence electrons. The van der Waals surface area contributed by atoms with E-state index in [0.29, 0.717) is 18.8 Å². The van der Waals surface area contributed by atoms with Gasteiger partial charge in [-0.05, 0) is 26.8 Å². The van der Waals surface area contributed by atoms with Crippen molar-refractivity contribution >= 4 is 5.91 Å². The molecular weight excluding hydrogens is 206 g/mol. The van der Waals surface area contributed by atoms with E-state index in [0.717, 1.165) is 0 Å². The van der Waals surface area contributed by atoms with Crippen LogP contribution in [0.3, 0.4) is 0 Å². The molecule has 16 heavy (non-hydrogen) atoms. The molecule has 0 bridgehead atoms. The summed E-state index contributed by atoms with van der Waals surface area (Å²) < 4.78 is 1.70. The molecule has 0 aliphatic carbocycles. The van der Waals surface area contributed by atoms with E-state index in [-0.39, 0.29) is 18.6 Å². The summed E-state index contributed by atoms with van der Waals surface area (Å²) in [7, 11) is 0. The Balaban J connectivity index is 2.90. The van der Waals surface area contributed by atoms with E-state index in [9.17, 15) is 4.79 Å². The molecule has 1 N–H and O–H groups in total. The Hall–Kier alpha value is -1.36. The van der Waals surface area contributed by atoms with Crippen LogP contribution in [0.15, 0.2) is 12.3 Å². The van der Waals surface area contributed by atoms with Crippen LogP contribution < -0.4 is 0 Å². The van der Waals surface area contributed by atoms with Gasteiger partial charge in [0, 0.05) is 25.3 Å². The van der Waals surface area contributed by atoms with E-state index in [1.165, 1.54) is 0 Å². The number of aromatic nitrogens is 2. The van der Waals surface area contributed by atoms with E-state index in [1.54, 1.807) is 21.8 Å². The molecule has 1 aromatic heterocycles. The van der Waals surface area contributed by atoms with Gasteiger partial charge in [-0.15, -0.1) is 0 Å². The maximum Gasteiger partial charge on any atom is 0.272 e. The zero-order valence-electron chi connectivity index (χ0n) is 10.1. The van der Waals surface area contributed by atoms with Gasteiger partial charge in [-0.3, -0.25) is 9.48 Å². The van der Waals surface area contributed by atoms with E-state index < -0.39 is 0 Å². The minimum atomic E-state index is -0.0808. The van der Waals surface area contributed by atoms with Crippen molar-refractivity contribution in [1.82, 2.24) is 14.7 Å². The van der Waals surface area contributed by atoms with Crippen molar-refractivity contribution in [3.05, 3.63) is 18.0 Å². The topological polar surface area (TPSA) is 58.4 Å². The number of aliphatic hydroxyl groups excluding tert-OH is 1. The van der Waals surface area contributed by atoms with Gasteiger partial charge < -0.3 is 10.0 Å². The standard InChI is InChI=1S/C11H19N3O2/c1-4-13(7-8-15)11(16)10-5-6-12-14(10)9(2)3/h5-6,9,15H,4,7-8H2,1-3H3. The zero-order valence-corrected chi connectivity index (χ0v) is 10.1. The van der Waals surface area contributed by atoms with Crippen LogP contribution in [0.1, 0.15) is 37.3 Å². The summed E-state index contributed by atoms with van der Waals surface area (Å²) in [5, 5.41) is 13.0. The molecule has 0 fully saturated rings. The number of likely N-dealkylation sites (N-methyl/N-ethyl adjacent to an activating group) is 1. The second kappa shape index (κ2) is 5.65. The van der Waals surface area contributed by atoms with Crippen molar-refractivity contribution in [2.75, 3.05) is 19.7 Å². The van der Waals surface area contributed by atoms with Crippen LogP contribution >= 0.6 is 0 Å². The third-order valence-corrected chi connectivity index (χ3v) is 2.42. The first-order valence-electron chi connectivity index (χ1n) is 5.55. The van der Waals surface area contributed by atoms with E-state index in [4.69, 9.17) is 5.11 Å². The largest absolute Gasteiger partial charge is 0.395 e. The molecule has 1 amide bonds. The summed E-state index contributed by atoms with van der Waals surface area (Å²) in [6, 6.07) is 1.87. The Morgan fingerprint density at radius 2 is 2.31 bits per heavy atom. The predicted molar refractivity (Wildman–Crippen MR) is 61.3 cm³/mol. The average Bonchev–Trinajstić information content (AvgIpc) is 2.73. The molecule has 1 heterocycles. The lowest BCUT2D eigenvalue weighted by molar-refractivity contribution is 0.0717. The number of amides is 1. The fourth-order valence-electron chi connectivity index (χ4n) is 1.58. The molecule has 0 aliphatic rings. The molecule has 0 atom stereocenters. The minimum Gasteiger partial charge on any atom is -0.395 e. The Morgan fingerprint density at radius 1 is 1.62 bits per heavy atom. The zero-order chi connectivity index (χ0) is 12.1. The SMILES string of the molecule is CCN(CCO)C(=O)c1ccnn1C(C)C. The van der Waals surface area contributed by atoms with Gasteiger partial charge in [-0.25, -0.2) is 0 Å². The molecule has 1 aromatic rings. The third-order valence-electron chi connectivity index (χ3n) is 2.42. The van der Waals surface area contributed by atoms with Crippen LogP contribution in [-0.4, -0.2) is 45.4 Å². The summed E-state index contributed by atoms with van der Waals surface area (Å²) in [5.41, 5.74) is 0.574. The highest BCUT2D eigenvalue weighted by atomic mass is 16.3. The summed E-state index contributed by atoms with van der Waals surface area (Å²) in [6.07, 6.45) is 1.63. The van der Waals surface area contributed by atoms with Crippen LogP contribution in [0, 0.1) is 0 Å². The van der Waals surface area contributed by atoms with Crippen molar-refractivity contribution in [1.29, 1.82) is 0 Å². The smallest absolute Gasteiger partial charge is 0.272 e. The molecule has 0 aromatic carbocycles. The van der Waals surface area contributed by atoms with Gasteiger partial charge in [-0.1, -0.05) is 0 Å². The monoisotopic (exact) mass is 225 g/mol. The summed E-state index contributed by atoms with van der Waals surface area (Å²) >= 11 is 0. The first-order valence-corrected chi connectivity index (χ1v) is 5.55. The normalized spacial score (nSPS) is 10.8. The lowest BCUT2D eigenvalue weighted by atomic mass is 10.3. The van der Waals surface area contributed by atoms with Gasteiger partial charge in [0.25, 0.3) is 5.91 Å². The number of carbonyl (C=O) groups is 1. The first kappa shape index (κ1) is 12.7. The van der Waals surface area contributed by atoms with Gasteiger partial charge in [0.05, 0.1) is 6.61 Å². The van der Waals surface area contributed by atoms with Gasteiger partial charge in [-0.2, -0.15) is 5.10 Å².